The molecule has 37 heavy (non-hydrogen) atoms. The fraction of sp³-hybridized carbons (Fsp3) is 0.172. The normalized spacial score (nSPS) is 11.4. The Hall–Kier alpha value is -4.72. The Kier molecular flexibility index (Phi) is 6.31. The van der Waals surface area contributed by atoms with Crippen LogP contribution >= 0.6 is 0 Å². The average Bonchev–Trinajstić information content (AvgIpc) is 3.26. The molecule has 0 aliphatic rings. The lowest BCUT2D eigenvalue weighted by molar-refractivity contribution is 0.0523. The van der Waals surface area contributed by atoms with Crippen molar-refractivity contribution in [1.82, 2.24) is 24.8 Å². The molecule has 0 aliphatic heterocycles. The number of fused-ring (bicyclic) bond motifs is 1. The number of ether oxygens (including phenoxy) is 1. The highest BCUT2D eigenvalue weighted by Crippen LogP contribution is 2.32. The molecule has 0 unspecified atom stereocenters. The van der Waals surface area contributed by atoms with Crippen molar-refractivity contribution in [1.29, 1.82) is 0 Å². The first-order valence-corrected chi connectivity index (χ1v) is 12.0. The maximum atomic E-state index is 12.0. The second kappa shape index (κ2) is 9.73. The number of aromatic nitrogens is 4. The van der Waals surface area contributed by atoms with Crippen molar-refractivity contribution in [2.75, 3.05) is 5.73 Å². The van der Waals surface area contributed by atoms with Crippen LogP contribution in [0.3, 0.4) is 0 Å². The summed E-state index contributed by atoms with van der Waals surface area (Å²) in [5.74, 6) is 1.04. The van der Waals surface area contributed by atoms with Gasteiger partial charge in [-0.3, -0.25) is 4.57 Å². The van der Waals surface area contributed by atoms with Gasteiger partial charge in [-0.1, -0.05) is 42.5 Å². The molecule has 0 atom stereocenters. The fourth-order valence-corrected chi connectivity index (χ4v) is 4.04. The van der Waals surface area contributed by atoms with E-state index in [4.69, 9.17) is 20.4 Å². The number of alkyl carbamates (subject to hydrolysis) is 1. The lowest BCUT2D eigenvalue weighted by Gasteiger charge is -2.19. The van der Waals surface area contributed by atoms with E-state index in [2.05, 4.69) is 10.3 Å². The number of nitrogens with zero attached hydrogens (tertiary/aromatic N) is 4. The molecule has 0 bridgehead atoms. The molecule has 0 aliphatic carbocycles. The minimum atomic E-state index is -0.547. The number of nitrogens with one attached hydrogen (secondary N) is 1. The van der Waals surface area contributed by atoms with E-state index in [1.807, 2.05) is 104 Å². The topological polar surface area (TPSA) is 108 Å². The molecule has 0 saturated heterocycles. The molecular formula is C29H28N6O2. The molecule has 5 rings (SSSR count). The fourth-order valence-electron chi connectivity index (χ4n) is 4.04. The van der Waals surface area contributed by atoms with Gasteiger partial charge in [0.2, 0.25) is 0 Å². The number of benzene rings is 2. The Morgan fingerprint density at radius 2 is 1.73 bits per heavy atom. The van der Waals surface area contributed by atoms with E-state index in [-0.39, 0.29) is 0 Å². The zero-order chi connectivity index (χ0) is 26.0. The largest absolute Gasteiger partial charge is 0.444 e. The van der Waals surface area contributed by atoms with E-state index in [1.54, 1.807) is 6.20 Å². The molecule has 0 saturated carbocycles. The summed E-state index contributed by atoms with van der Waals surface area (Å²) in [7, 11) is 0. The van der Waals surface area contributed by atoms with Crippen molar-refractivity contribution < 1.29 is 9.53 Å². The van der Waals surface area contributed by atoms with Crippen LogP contribution in [0.25, 0.3) is 39.4 Å². The predicted molar refractivity (Wildman–Crippen MR) is 145 cm³/mol. The van der Waals surface area contributed by atoms with Gasteiger partial charge >= 0.3 is 6.09 Å². The number of hydrogen-bond donors (Lipinski definition) is 2. The first kappa shape index (κ1) is 24.0. The lowest BCUT2D eigenvalue weighted by Crippen LogP contribution is -2.32. The van der Waals surface area contributed by atoms with Gasteiger partial charge in [0.05, 0.1) is 5.56 Å². The number of carbonyl (C=O) groups excluding carboxylic acids is 1. The summed E-state index contributed by atoms with van der Waals surface area (Å²) in [6, 6.07) is 23.7. The van der Waals surface area contributed by atoms with Crippen LogP contribution < -0.4 is 11.1 Å². The molecule has 0 spiro atoms. The van der Waals surface area contributed by atoms with Gasteiger partial charge in [-0.25, -0.2) is 19.7 Å². The lowest BCUT2D eigenvalue weighted by atomic mass is 10.1. The van der Waals surface area contributed by atoms with Gasteiger partial charge in [0.25, 0.3) is 0 Å². The van der Waals surface area contributed by atoms with Gasteiger partial charge in [-0.05, 0) is 62.2 Å². The SMILES string of the molecule is CC(C)(C)OC(=O)NCc1ccc(-n2c(-c3cccnc3N)nc3cc(-c4ccccc4)cnc32)cc1. The van der Waals surface area contributed by atoms with Crippen LogP contribution in [0.15, 0.2) is 85.2 Å². The van der Waals surface area contributed by atoms with E-state index in [9.17, 15) is 4.79 Å². The van der Waals surface area contributed by atoms with Crippen LogP contribution in [-0.2, 0) is 11.3 Å². The highest BCUT2D eigenvalue weighted by molar-refractivity contribution is 5.85. The third-order valence-corrected chi connectivity index (χ3v) is 5.71. The average molecular weight is 493 g/mol. The molecule has 2 aromatic carbocycles. The molecule has 3 aromatic heterocycles. The van der Waals surface area contributed by atoms with Crippen molar-refractivity contribution in [2.45, 2.75) is 32.9 Å². The third-order valence-electron chi connectivity index (χ3n) is 5.71. The highest BCUT2D eigenvalue weighted by atomic mass is 16.6. The molecule has 0 fully saturated rings. The van der Waals surface area contributed by atoms with E-state index >= 15 is 0 Å². The van der Waals surface area contributed by atoms with E-state index < -0.39 is 11.7 Å². The van der Waals surface area contributed by atoms with Gasteiger partial charge in [0.1, 0.15) is 16.9 Å². The van der Waals surface area contributed by atoms with Crippen LogP contribution in [0.2, 0.25) is 0 Å². The minimum Gasteiger partial charge on any atom is -0.444 e. The van der Waals surface area contributed by atoms with Crippen LogP contribution in [0, 0.1) is 0 Å². The number of nitrogens with two attached hydrogens (primary N) is 1. The number of hydrogen-bond acceptors (Lipinski definition) is 6. The predicted octanol–water partition coefficient (Wildman–Crippen LogP) is 5.76. The number of carbonyl (C=O) groups is 1. The summed E-state index contributed by atoms with van der Waals surface area (Å²) < 4.78 is 7.29. The van der Waals surface area contributed by atoms with Gasteiger partial charge in [0, 0.05) is 30.2 Å². The second-order valence-corrected chi connectivity index (χ2v) is 9.66. The minimum absolute atomic E-state index is 0.348. The Balaban J connectivity index is 1.53. The third kappa shape index (κ3) is 5.28. The summed E-state index contributed by atoms with van der Waals surface area (Å²) in [5, 5.41) is 2.79. The summed E-state index contributed by atoms with van der Waals surface area (Å²) in [6.07, 6.45) is 3.06. The van der Waals surface area contributed by atoms with Crippen LogP contribution in [0.4, 0.5) is 10.6 Å². The number of anilines is 1. The number of pyridine rings is 2. The molecular weight excluding hydrogens is 464 g/mol. The summed E-state index contributed by atoms with van der Waals surface area (Å²) in [6.45, 7) is 5.85. The van der Waals surface area contributed by atoms with Crippen LogP contribution in [-0.4, -0.2) is 31.2 Å². The summed E-state index contributed by atoms with van der Waals surface area (Å²) in [5.41, 5.74) is 11.7. The standard InChI is InChI=1S/C29H28N6O2/c1-29(2,3)37-28(36)33-17-19-11-13-22(14-12-19)35-26(23-10-7-15-31-25(23)30)34-24-16-21(18-32-27(24)35)20-8-5-4-6-9-20/h4-16,18H,17H2,1-3H3,(H2,30,31)(H,33,36). The zero-order valence-corrected chi connectivity index (χ0v) is 21.0. The van der Waals surface area contributed by atoms with Crippen LogP contribution in [0.1, 0.15) is 26.3 Å². The Bertz CT molecular complexity index is 1550. The zero-order valence-electron chi connectivity index (χ0n) is 21.0. The van der Waals surface area contributed by atoms with Crippen molar-refractivity contribution >= 4 is 23.1 Å². The van der Waals surface area contributed by atoms with Gasteiger partial charge < -0.3 is 15.8 Å². The molecule has 0 radical (unpaired) electrons. The monoisotopic (exact) mass is 492 g/mol. The van der Waals surface area contributed by atoms with E-state index in [0.29, 0.717) is 23.8 Å². The van der Waals surface area contributed by atoms with Gasteiger partial charge in [0.15, 0.2) is 11.5 Å². The molecule has 5 aromatic rings. The Labute approximate surface area is 215 Å². The van der Waals surface area contributed by atoms with E-state index in [0.717, 1.165) is 33.5 Å². The Morgan fingerprint density at radius 3 is 2.43 bits per heavy atom. The molecule has 8 heteroatoms. The quantitative estimate of drug-likeness (QED) is 0.323. The second-order valence-electron chi connectivity index (χ2n) is 9.66. The smallest absolute Gasteiger partial charge is 0.407 e. The highest BCUT2D eigenvalue weighted by Gasteiger charge is 2.19. The Morgan fingerprint density at radius 1 is 0.973 bits per heavy atom. The van der Waals surface area contributed by atoms with Gasteiger partial charge in [-0.15, -0.1) is 0 Å². The number of amides is 1. The van der Waals surface area contributed by atoms with Crippen molar-refractivity contribution in [2.24, 2.45) is 0 Å². The molecule has 1 amide bonds. The maximum absolute atomic E-state index is 12.0. The summed E-state index contributed by atoms with van der Waals surface area (Å²) >= 11 is 0. The molecule has 186 valence electrons. The maximum Gasteiger partial charge on any atom is 0.407 e. The number of nitrogen functional groups attached to an aromatic ring is 1. The first-order chi connectivity index (χ1) is 17.8. The number of imidazole rings is 1. The van der Waals surface area contributed by atoms with E-state index in [1.165, 1.54) is 0 Å². The number of rotatable bonds is 5. The summed E-state index contributed by atoms with van der Waals surface area (Å²) in [4.78, 5) is 26.0. The van der Waals surface area contributed by atoms with Gasteiger partial charge in [-0.2, -0.15) is 0 Å². The molecule has 8 nitrogen and oxygen atoms in total. The van der Waals surface area contributed by atoms with Crippen molar-refractivity contribution in [3.05, 3.63) is 90.8 Å². The first-order valence-electron chi connectivity index (χ1n) is 12.0. The van der Waals surface area contributed by atoms with Crippen LogP contribution in [0.5, 0.6) is 0 Å². The molecule has 3 N–H and O–H groups in total. The van der Waals surface area contributed by atoms with Crippen molar-refractivity contribution in [3.63, 3.8) is 0 Å². The van der Waals surface area contributed by atoms with Crippen molar-refractivity contribution in [3.8, 4) is 28.2 Å². The molecule has 3 heterocycles.